The first-order valence-corrected chi connectivity index (χ1v) is 14.0. The van der Waals surface area contributed by atoms with Gasteiger partial charge in [-0.05, 0) is 68.5 Å². The van der Waals surface area contributed by atoms with Crippen LogP contribution in [0.4, 0.5) is 5.82 Å². The third-order valence-electron chi connectivity index (χ3n) is 6.42. The fraction of sp³-hybridized carbons (Fsp3) is 0.407. The van der Waals surface area contributed by atoms with Crippen molar-refractivity contribution in [2.75, 3.05) is 18.4 Å². The highest BCUT2D eigenvalue weighted by atomic mass is 32.2. The molecule has 1 aromatic heterocycles. The van der Waals surface area contributed by atoms with Crippen molar-refractivity contribution in [3.8, 4) is 5.69 Å². The van der Waals surface area contributed by atoms with Crippen molar-refractivity contribution in [2.45, 2.75) is 63.7 Å². The summed E-state index contributed by atoms with van der Waals surface area (Å²) in [6.07, 6.45) is 6.31. The zero-order chi connectivity index (χ0) is 24.8. The number of sulfonamides is 1. The zero-order valence-corrected chi connectivity index (χ0v) is 21.4. The predicted molar refractivity (Wildman–Crippen MR) is 139 cm³/mol. The molecule has 0 spiro atoms. The number of rotatable bonds is 11. The number of nitrogens with zero attached hydrogens (tertiary/aromatic N) is 3. The van der Waals surface area contributed by atoms with Crippen molar-refractivity contribution in [3.05, 3.63) is 71.4 Å². The van der Waals surface area contributed by atoms with E-state index in [2.05, 4.69) is 19.2 Å². The SMILES string of the molecule is CCCCN(CCCC)S(=O)(=O)c1ccc(C(=O)Nc2c3c(nn2-c2ccccc2)CCC3)cc1. The number of aryl methyl sites for hydroxylation is 1. The molecule has 1 N–H and O–H groups in total. The van der Waals surface area contributed by atoms with Gasteiger partial charge in [-0.3, -0.25) is 4.79 Å². The van der Waals surface area contributed by atoms with E-state index in [1.165, 1.54) is 12.1 Å². The molecule has 1 aliphatic rings. The fourth-order valence-electron chi connectivity index (χ4n) is 4.40. The number of aromatic nitrogens is 2. The zero-order valence-electron chi connectivity index (χ0n) is 20.5. The molecule has 4 rings (SSSR count). The summed E-state index contributed by atoms with van der Waals surface area (Å²) in [6, 6.07) is 16.0. The summed E-state index contributed by atoms with van der Waals surface area (Å²) < 4.78 is 29.8. The van der Waals surface area contributed by atoms with E-state index in [1.807, 2.05) is 30.3 Å². The van der Waals surface area contributed by atoms with E-state index in [0.29, 0.717) is 24.5 Å². The average molecular weight is 495 g/mol. The first-order valence-electron chi connectivity index (χ1n) is 12.5. The standard InChI is InChI=1S/C27H34N4O3S/c1-3-5-19-30(20-6-4-2)35(33,34)23-17-15-21(16-18-23)27(32)28-26-24-13-10-14-25(24)29-31(26)22-11-8-7-9-12-22/h7-9,11-12,15-18H,3-6,10,13-14,19-20H2,1-2H3,(H,28,32). The summed E-state index contributed by atoms with van der Waals surface area (Å²) >= 11 is 0. The summed E-state index contributed by atoms with van der Waals surface area (Å²) in [5.41, 5.74) is 3.39. The maximum absolute atomic E-state index is 13.2. The minimum Gasteiger partial charge on any atom is -0.306 e. The highest BCUT2D eigenvalue weighted by molar-refractivity contribution is 7.89. The molecule has 7 nitrogen and oxygen atoms in total. The van der Waals surface area contributed by atoms with Gasteiger partial charge in [0.1, 0.15) is 5.82 Å². The van der Waals surface area contributed by atoms with Crippen LogP contribution in [0.1, 0.15) is 67.6 Å². The number of unbranched alkanes of at least 4 members (excludes halogenated alkanes) is 2. The molecule has 0 saturated carbocycles. The van der Waals surface area contributed by atoms with Crippen molar-refractivity contribution in [1.82, 2.24) is 14.1 Å². The summed E-state index contributed by atoms with van der Waals surface area (Å²) in [7, 11) is -3.60. The van der Waals surface area contributed by atoms with Gasteiger partial charge in [0.15, 0.2) is 0 Å². The fourth-order valence-corrected chi connectivity index (χ4v) is 5.92. The molecule has 1 heterocycles. The lowest BCUT2D eigenvalue weighted by atomic mass is 10.2. The highest BCUT2D eigenvalue weighted by Gasteiger charge is 2.26. The molecule has 8 heteroatoms. The number of carbonyl (C=O) groups excluding carboxylic acids is 1. The largest absolute Gasteiger partial charge is 0.306 e. The van der Waals surface area contributed by atoms with Crippen molar-refractivity contribution in [2.24, 2.45) is 0 Å². The molecule has 0 unspecified atom stereocenters. The molecule has 0 bridgehead atoms. The number of hydrogen-bond donors (Lipinski definition) is 1. The first-order chi connectivity index (χ1) is 17.0. The number of hydrogen-bond acceptors (Lipinski definition) is 4. The van der Waals surface area contributed by atoms with E-state index in [9.17, 15) is 13.2 Å². The van der Waals surface area contributed by atoms with Gasteiger partial charge in [-0.2, -0.15) is 9.40 Å². The topological polar surface area (TPSA) is 84.3 Å². The maximum atomic E-state index is 13.2. The molecule has 0 fully saturated rings. The molecule has 35 heavy (non-hydrogen) atoms. The van der Waals surface area contributed by atoms with Gasteiger partial charge in [0.25, 0.3) is 5.91 Å². The molecule has 2 aromatic carbocycles. The third-order valence-corrected chi connectivity index (χ3v) is 8.33. The Morgan fingerprint density at radius 2 is 1.63 bits per heavy atom. The molecule has 0 radical (unpaired) electrons. The van der Waals surface area contributed by atoms with E-state index in [1.54, 1.807) is 21.1 Å². The highest BCUT2D eigenvalue weighted by Crippen LogP contribution is 2.31. The second-order valence-electron chi connectivity index (χ2n) is 8.96. The molecule has 3 aromatic rings. The summed E-state index contributed by atoms with van der Waals surface area (Å²) in [5.74, 6) is 0.408. The Kier molecular flexibility index (Phi) is 8.03. The van der Waals surface area contributed by atoms with Crippen LogP contribution in [-0.4, -0.2) is 41.5 Å². The van der Waals surface area contributed by atoms with Gasteiger partial charge < -0.3 is 5.32 Å². The van der Waals surface area contributed by atoms with E-state index < -0.39 is 10.0 Å². The smallest absolute Gasteiger partial charge is 0.256 e. The molecular weight excluding hydrogens is 460 g/mol. The van der Waals surface area contributed by atoms with E-state index in [0.717, 1.165) is 61.9 Å². The predicted octanol–water partition coefficient (Wildman–Crippen LogP) is 5.20. The van der Waals surface area contributed by atoms with Crippen LogP contribution in [0.15, 0.2) is 59.5 Å². The number of fused-ring (bicyclic) bond motifs is 1. The summed E-state index contributed by atoms with van der Waals surface area (Å²) in [5, 5.41) is 7.78. The van der Waals surface area contributed by atoms with Gasteiger partial charge in [0.05, 0.1) is 16.3 Å². The van der Waals surface area contributed by atoms with E-state index in [4.69, 9.17) is 5.10 Å². The lowest BCUT2D eigenvalue weighted by molar-refractivity contribution is 0.102. The van der Waals surface area contributed by atoms with Gasteiger partial charge in [0.2, 0.25) is 10.0 Å². The van der Waals surface area contributed by atoms with Gasteiger partial charge in [-0.25, -0.2) is 13.1 Å². The number of benzene rings is 2. The molecule has 1 amide bonds. The van der Waals surface area contributed by atoms with Crippen LogP contribution in [0.2, 0.25) is 0 Å². The lowest BCUT2D eigenvalue weighted by Crippen LogP contribution is -2.33. The van der Waals surface area contributed by atoms with Gasteiger partial charge in [0, 0.05) is 24.2 Å². The monoisotopic (exact) mass is 494 g/mol. The minimum absolute atomic E-state index is 0.219. The maximum Gasteiger partial charge on any atom is 0.256 e. The Morgan fingerprint density at radius 3 is 2.26 bits per heavy atom. The summed E-state index contributed by atoms with van der Waals surface area (Å²) in [4.78, 5) is 13.4. The normalized spacial score (nSPS) is 13.2. The Hall–Kier alpha value is -2.97. The molecule has 0 saturated heterocycles. The first kappa shape index (κ1) is 25.1. The van der Waals surface area contributed by atoms with Crippen LogP contribution in [0, 0.1) is 0 Å². The van der Waals surface area contributed by atoms with Crippen molar-refractivity contribution in [3.63, 3.8) is 0 Å². The van der Waals surface area contributed by atoms with Gasteiger partial charge in [-0.15, -0.1) is 0 Å². The number of nitrogens with one attached hydrogen (secondary N) is 1. The third kappa shape index (κ3) is 5.49. The van der Waals surface area contributed by atoms with E-state index in [-0.39, 0.29) is 10.8 Å². The number of para-hydroxylation sites is 1. The Labute approximate surface area is 208 Å². The van der Waals surface area contributed by atoms with Crippen LogP contribution in [0.3, 0.4) is 0 Å². The second kappa shape index (κ2) is 11.2. The van der Waals surface area contributed by atoms with Crippen LogP contribution < -0.4 is 5.32 Å². The van der Waals surface area contributed by atoms with Crippen molar-refractivity contribution >= 4 is 21.7 Å². The van der Waals surface area contributed by atoms with Crippen LogP contribution in [-0.2, 0) is 22.9 Å². The van der Waals surface area contributed by atoms with Crippen LogP contribution in [0.25, 0.3) is 5.69 Å². The van der Waals surface area contributed by atoms with Crippen molar-refractivity contribution in [1.29, 1.82) is 0 Å². The minimum atomic E-state index is -3.60. The molecular formula is C27H34N4O3S. The van der Waals surface area contributed by atoms with Crippen LogP contribution >= 0.6 is 0 Å². The second-order valence-corrected chi connectivity index (χ2v) is 10.9. The number of carbonyl (C=O) groups is 1. The number of anilines is 1. The molecule has 0 aliphatic heterocycles. The molecule has 186 valence electrons. The Balaban J connectivity index is 1.55. The molecule has 0 atom stereocenters. The van der Waals surface area contributed by atoms with E-state index >= 15 is 0 Å². The lowest BCUT2D eigenvalue weighted by Gasteiger charge is -2.22. The van der Waals surface area contributed by atoms with Crippen LogP contribution in [0.5, 0.6) is 0 Å². The van der Waals surface area contributed by atoms with Gasteiger partial charge in [-0.1, -0.05) is 44.9 Å². The average Bonchev–Trinajstić information content (AvgIpc) is 3.47. The Morgan fingerprint density at radius 1 is 0.971 bits per heavy atom. The quantitative estimate of drug-likeness (QED) is 0.397. The molecule has 1 aliphatic carbocycles. The summed E-state index contributed by atoms with van der Waals surface area (Å²) in [6.45, 7) is 5.12. The Bertz CT molecular complexity index is 1240. The van der Waals surface area contributed by atoms with Gasteiger partial charge >= 0.3 is 0 Å². The van der Waals surface area contributed by atoms with Crippen molar-refractivity contribution < 1.29 is 13.2 Å². The number of amides is 1.